The van der Waals surface area contributed by atoms with Gasteiger partial charge in [-0.25, -0.2) is 4.99 Å². The Morgan fingerprint density at radius 2 is 2.21 bits per heavy atom. The number of hydrogen-bond acceptors (Lipinski definition) is 1. The van der Waals surface area contributed by atoms with E-state index in [9.17, 15) is 0 Å². The number of nitrogens with zero attached hydrogens (tertiary/aromatic N) is 1. The molecule has 0 bridgehead atoms. The van der Waals surface area contributed by atoms with Crippen LogP contribution in [-0.2, 0) is 0 Å². The van der Waals surface area contributed by atoms with Gasteiger partial charge in [-0.3, -0.25) is 0 Å². The monoisotopic (exact) mass is 435 g/mol. The van der Waals surface area contributed by atoms with Crippen molar-refractivity contribution in [2.45, 2.75) is 25.3 Å². The maximum Gasteiger partial charge on any atom is 0.189 e. The Labute approximate surface area is 139 Å². The summed E-state index contributed by atoms with van der Waals surface area (Å²) >= 11 is 3.58. The van der Waals surface area contributed by atoms with Gasteiger partial charge in [0.1, 0.15) is 0 Å². The molecule has 104 valence electrons. The van der Waals surface area contributed by atoms with Crippen molar-refractivity contribution in [1.82, 2.24) is 5.32 Å². The topological polar surface area (TPSA) is 50.4 Å². The Morgan fingerprint density at radius 3 is 2.84 bits per heavy atom. The molecule has 1 saturated carbocycles. The fourth-order valence-corrected chi connectivity index (χ4v) is 2.51. The molecule has 19 heavy (non-hydrogen) atoms. The van der Waals surface area contributed by atoms with Gasteiger partial charge in [0, 0.05) is 16.4 Å². The van der Waals surface area contributed by atoms with Crippen LogP contribution in [0.1, 0.15) is 24.8 Å². The van der Waals surface area contributed by atoms with Crippen LogP contribution in [0, 0.1) is 0 Å². The molecule has 0 spiro atoms. The summed E-state index contributed by atoms with van der Waals surface area (Å²) < 4.78 is 1.16. The molecule has 1 aliphatic rings. The third-order valence-electron chi connectivity index (χ3n) is 2.95. The third-order valence-corrected chi connectivity index (χ3v) is 3.67. The minimum Gasteiger partial charge on any atom is -0.370 e. The summed E-state index contributed by atoms with van der Waals surface area (Å²) in [6, 6.07) is 8.72. The number of aliphatic imine (C=N–C) groups is 1. The zero-order valence-corrected chi connectivity index (χ0v) is 14.8. The first-order valence-electron chi connectivity index (χ1n) is 6.03. The second kappa shape index (κ2) is 7.28. The van der Waals surface area contributed by atoms with Crippen molar-refractivity contribution in [3.05, 3.63) is 46.5 Å². The second-order valence-electron chi connectivity index (χ2n) is 4.77. The van der Waals surface area contributed by atoms with E-state index in [1.165, 1.54) is 5.56 Å². The molecule has 5 heteroatoms. The van der Waals surface area contributed by atoms with Crippen LogP contribution < -0.4 is 11.1 Å². The molecule has 1 aromatic carbocycles. The van der Waals surface area contributed by atoms with Gasteiger partial charge in [-0.1, -0.05) is 46.3 Å². The van der Waals surface area contributed by atoms with E-state index < -0.39 is 0 Å². The van der Waals surface area contributed by atoms with Gasteiger partial charge in [0.2, 0.25) is 0 Å². The van der Waals surface area contributed by atoms with Gasteiger partial charge in [0.05, 0.1) is 6.54 Å². The van der Waals surface area contributed by atoms with Crippen molar-refractivity contribution < 1.29 is 0 Å². The predicted molar refractivity (Wildman–Crippen MR) is 95.1 cm³/mol. The molecule has 0 unspecified atom stereocenters. The van der Waals surface area contributed by atoms with E-state index in [1.807, 2.05) is 13.0 Å². The molecular weight excluding hydrogens is 417 g/mol. The zero-order valence-electron chi connectivity index (χ0n) is 10.9. The molecule has 0 heterocycles. The first kappa shape index (κ1) is 16.5. The van der Waals surface area contributed by atoms with Crippen molar-refractivity contribution in [3.8, 4) is 0 Å². The fourth-order valence-electron chi connectivity index (χ4n) is 1.93. The molecule has 1 aromatic rings. The minimum atomic E-state index is 0. The number of benzene rings is 1. The lowest BCUT2D eigenvalue weighted by Crippen LogP contribution is -2.34. The molecule has 1 fully saturated rings. The van der Waals surface area contributed by atoms with Gasteiger partial charge in [-0.05, 0) is 25.0 Å². The largest absolute Gasteiger partial charge is 0.370 e. The first-order chi connectivity index (χ1) is 8.58. The van der Waals surface area contributed by atoms with Crippen LogP contribution in [0.25, 0.3) is 0 Å². The van der Waals surface area contributed by atoms with Crippen LogP contribution in [0.2, 0.25) is 0 Å². The molecule has 2 rings (SSSR count). The molecule has 0 aliphatic heterocycles. The highest BCUT2D eigenvalue weighted by Gasteiger charge is 2.39. The quantitative estimate of drug-likeness (QED) is 0.329. The SMILES string of the molecule is C=C(C)CN=C(N)N[C@@H]1C[C@H]1c1ccccc1Br.I. The summed E-state index contributed by atoms with van der Waals surface area (Å²) in [5.74, 6) is 1.04. The zero-order chi connectivity index (χ0) is 13.1. The number of halogens is 2. The summed E-state index contributed by atoms with van der Waals surface area (Å²) in [5, 5.41) is 3.25. The number of nitrogens with two attached hydrogens (primary N) is 1. The van der Waals surface area contributed by atoms with Gasteiger partial charge < -0.3 is 11.1 Å². The molecule has 1 aliphatic carbocycles. The molecule has 0 saturated heterocycles. The number of hydrogen-bond donors (Lipinski definition) is 2. The van der Waals surface area contributed by atoms with Crippen LogP contribution in [0.5, 0.6) is 0 Å². The Bertz CT molecular complexity index is 487. The van der Waals surface area contributed by atoms with Gasteiger partial charge in [0.15, 0.2) is 5.96 Å². The maximum atomic E-state index is 5.83. The second-order valence-corrected chi connectivity index (χ2v) is 5.63. The third kappa shape index (κ3) is 4.80. The van der Waals surface area contributed by atoms with Crippen molar-refractivity contribution in [2.24, 2.45) is 10.7 Å². The Morgan fingerprint density at radius 1 is 1.53 bits per heavy atom. The van der Waals surface area contributed by atoms with E-state index in [4.69, 9.17) is 5.73 Å². The highest BCUT2D eigenvalue weighted by Crippen LogP contribution is 2.43. The summed E-state index contributed by atoms with van der Waals surface area (Å²) in [5.41, 5.74) is 8.18. The molecule has 0 radical (unpaired) electrons. The van der Waals surface area contributed by atoms with Crippen LogP contribution in [0.15, 0.2) is 45.9 Å². The molecule has 3 nitrogen and oxygen atoms in total. The Kier molecular flexibility index (Phi) is 6.32. The summed E-state index contributed by atoms with van der Waals surface area (Å²) in [6.45, 7) is 6.33. The predicted octanol–water partition coefficient (Wildman–Crippen LogP) is 3.40. The Hall–Kier alpha value is -0.560. The van der Waals surface area contributed by atoms with Crippen LogP contribution >= 0.6 is 39.9 Å². The summed E-state index contributed by atoms with van der Waals surface area (Å²) in [7, 11) is 0. The van der Waals surface area contributed by atoms with Gasteiger partial charge in [0.25, 0.3) is 0 Å². The molecule has 0 amide bonds. The lowest BCUT2D eigenvalue weighted by molar-refractivity contribution is 0.851. The fraction of sp³-hybridized carbons (Fsp3) is 0.357. The molecule has 2 atom stereocenters. The van der Waals surface area contributed by atoms with Crippen LogP contribution in [0.3, 0.4) is 0 Å². The first-order valence-corrected chi connectivity index (χ1v) is 6.82. The summed E-state index contributed by atoms with van der Waals surface area (Å²) in [4.78, 5) is 4.23. The van der Waals surface area contributed by atoms with Gasteiger partial charge >= 0.3 is 0 Å². The van der Waals surface area contributed by atoms with Crippen molar-refractivity contribution in [2.75, 3.05) is 6.54 Å². The molecular formula is C14H19BrIN3. The Balaban J connectivity index is 0.00000180. The number of rotatable bonds is 4. The number of guanidine groups is 1. The van der Waals surface area contributed by atoms with Crippen LogP contribution in [-0.4, -0.2) is 18.5 Å². The smallest absolute Gasteiger partial charge is 0.189 e. The highest BCUT2D eigenvalue weighted by atomic mass is 127. The molecule has 3 N–H and O–H groups in total. The van der Waals surface area contributed by atoms with Crippen molar-refractivity contribution >= 4 is 45.9 Å². The van der Waals surface area contributed by atoms with E-state index in [2.05, 4.69) is 51.0 Å². The standard InChI is InChI=1S/C14H18BrN3.HI/c1-9(2)8-17-14(16)18-13-7-11(13)10-5-3-4-6-12(10)15;/h3-6,11,13H,1,7-8H2,2H3,(H3,16,17,18);1H/t11-,13+;/m0./s1. The van der Waals surface area contributed by atoms with Crippen LogP contribution in [0.4, 0.5) is 0 Å². The minimum absolute atomic E-state index is 0. The molecule has 0 aromatic heterocycles. The van der Waals surface area contributed by atoms with E-state index >= 15 is 0 Å². The highest BCUT2D eigenvalue weighted by molar-refractivity contribution is 14.0. The van der Waals surface area contributed by atoms with Gasteiger partial charge in [-0.15, -0.1) is 24.0 Å². The average Bonchev–Trinajstić information content (AvgIpc) is 3.06. The van der Waals surface area contributed by atoms with E-state index in [-0.39, 0.29) is 24.0 Å². The number of nitrogens with one attached hydrogen (secondary N) is 1. The summed E-state index contributed by atoms with van der Waals surface area (Å²) in [6.07, 6.45) is 1.10. The lowest BCUT2D eigenvalue weighted by atomic mass is 10.1. The lowest BCUT2D eigenvalue weighted by Gasteiger charge is -2.06. The van der Waals surface area contributed by atoms with E-state index in [1.54, 1.807) is 0 Å². The average molecular weight is 436 g/mol. The van der Waals surface area contributed by atoms with Crippen molar-refractivity contribution in [3.63, 3.8) is 0 Å². The normalized spacial score (nSPS) is 21.5. The maximum absolute atomic E-state index is 5.83. The van der Waals surface area contributed by atoms with E-state index in [0.717, 1.165) is 16.5 Å². The van der Waals surface area contributed by atoms with E-state index in [0.29, 0.717) is 24.5 Å². The van der Waals surface area contributed by atoms with Gasteiger partial charge in [-0.2, -0.15) is 0 Å². The van der Waals surface area contributed by atoms with Crippen molar-refractivity contribution in [1.29, 1.82) is 0 Å².